The van der Waals surface area contributed by atoms with Crippen molar-refractivity contribution >= 4 is 5.91 Å². The van der Waals surface area contributed by atoms with E-state index < -0.39 is 12.7 Å². The highest BCUT2D eigenvalue weighted by atomic mass is 19.3. The molecule has 0 aromatic heterocycles. The molecule has 2 rings (SSSR count). The second-order valence-electron chi connectivity index (χ2n) is 6.18. The van der Waals surface area contributed by atoms with Crippen LogP contribution in [-0.2, 0) is 11.3 Å². The smallest absolute Gasteiger partial charge is 0.387 e. The number of halogens is 2. The summed E-state index contributed by atoms with van der Waals surface area (Å²) in [4.78, 5) is 14.1. The van der Waals surface area contributed by atoms with Crippen molar-refractivity contribution in [2.45, 2.75) is 33.0 Å². The number of nitrogens with two attached hydrogens (primary N) is 1. The van der Waals surface area contributed by atoms with Crippen LogP contribution in [0.25, 0.3) is 0 Å². The van der Waals surface area contributed by atoms with Gasteiger partial charge >= 0.3 is 6.61 Å². The number of amides is 1. The number of rotatable bonds is 8. The Labute approximate surface area is 157 Å². The fourth-order valence-electron chi connectivity index (χ4n) is 2.62. The van der Waals surface area contributed by atoms with E-state index >= 15 is 0 Å². The maximum atomic E-state index is 12.6. The molecule has 0 saturated heterocycles. The Morgan fingerprint density at radius 2 is 1.81 bits per heavy atom. The molecule has 0 saturated carbocycles. The van der Waals surface area contributed by atoms with Crippen LogP contribution in [0.3, 0.4) is 0 Å². The lowest BCUT2D eigenvalue weighted by atomic mass is 10.0. The minimum Gasteiger partial charge on any atom is -0.490 e. The van der Waals surface area contributed by atoms with Gasteiger partial charge in [-0.2, -0.15) is 8.78 Å². The topological polar surface area (TPSA) is 64.8 Å². The highest BCUT2D eigenvalue weighted by Crippen LogP contribution is 2.30. The molecule has 2 N–H and O–H groups in total. The first-order valence-electron chi connectivity index (χ1n) is 8.59. The Morgan fingerprint density at radius 1 is 1.15 bits per heavy atom. The number of benzene rings is 2. The minimum atomic E-state index is -2.94. The van der Waals surface area contributed by atoms with Gasteiger partial charge in [0.05, 0.1) is 6.61 Å². The quantitative estimate of drug-likeness (QED) is 0.762. The van der Waals surface area contributed by atoms with Gasteiger partial charge in [-0.05, 0) is 37.1 Å². The first kappa shape index (κ1) is 20.6. The van der Waals surface area contributed by atoms with Gasteiger partial charge in [0.25, 0.3) is 0 Å². The lowest BCUT2D eigenvalue weighted by Crippen LogP contribution is -2.35. The number of alkyl halides is 2. The number of aryl methyl sites for hydroxylation is 1. The molecular formula is C20H24F2N2O3. The zero-order chi connectivity index (χ0) is 20.0. The highest BCUT2D eigenvalue weighted by Gasteiger charge is 2.20. The van der Waals surface area contributed by atoms with Gasteiger partial charge in [0.1, 0.15) is 6.04 Å². The highest BCUT2D eigenvalue weighted by molar-refractivity contribution is 5.82. The molecule has 146 valence electrons. The monoisotopic (exact) mass is 378 g/mol. The average Bonchev–Trinajstić information content (AvgIpc) is 2.63. The summed E-state index contributed by atoms with van der Waals surface area (Å²) in [5.41, 5.74) is 8.61. The molecule has 1 unspecified atom stereocenters. The summed E-state index contributed by atoms with van der Waals surface area (Å²) in [6.07, 6.45) is 0. The fourth-order valence-corrected chi connectivity index (χ4v) is 2.62. The fraction of sp³-hybridized carbons (Fsp3) is 0.350. The van der Waals surface area contributed by atoms with E-state index in [4.69, 9.17) is 10.5 Å². The van der Waals surface area contributed by atoms with Gasteiger partial charge in [0.2, 0.25) is 5.91 Å². The predicted octanol–water partition coefficient (Wildman–Crippen LogP) is 3.65. The summed E-state index contributed by atoms with van der Waals surface area (Å²) in [7, 11) is 1.64. The van der Waals surface area contributed by atoms with Crippen LogP contribution in [0.5, 0.6) is 11.5 Å². The third-order valence-electron chi connectivity index (χ3n) is 4.02. The van der Waals surface area contributed by atoms with Crippen LogP contribution in [0.1, 0.15) is 29.7 Å². The molecule has 0 bridgehead atoms. The number of hydrogen-bond donors (Lipinski definition) is 1. The molecule has 0 aliphatic heterocycles. The summed E-state index contributed by atoms with van der Waals surface area (Å²) in [6.45, 7) is 1.33. The third-order valence-corrected chi connectivity index (χ3v) is 4.02. The molecule has 0 heterocycles. The summed E-state index contributed by atoms with van der Waals surface area (Å²) in [5.74, 6) is -0.0790. The van der Waals surface area contributed by atoms with Gasteiger partial charge in [-0.25, -0.2) is 0 Å². The number of carbonyl (C=O) groups excluding carboxylic acids is 1. The van der Waals surface area contributed by atoms with E-state index in [1.54, 1.807) is 26.1 Å². The van der Waals surface area contributed by atoms with Crippen LogP contribution in [0.2, 0.25) is 0 Å². The molecule has 5 nitrogen and oxygen atoms in total. The van der Waals surface area contributed by atoms with Crippen LogP contribution >= 0.6 is 0 Å². The van der Waals surface area contributed by atoms with Crippen LogP contribution in [0.4, 0.5) is 8.78 Å². The van der Waals surface area contributed by atoms with E-state index in [1.807, 2.05) is 31.2 Å². The molecule has 1 atom stereocenters. The molecule has 0 spiro atoms. The van der Waals surface area contributed by atoms with Crippen LogP contribution < -0.4 is 15.2 Å². The second-order valence-corrected chi connectivity index (χ2v) is 6.18. The molecule has 7 heteroatoms. The zero-order valence-electron chi connectivity index (χ0n) is 15.6. The van der Waals surface area contributed by atoms with Crippen molar-refractivity contribution < 1.29 is 23.0 Å². The molecule has 1 amide bonds. The predicted molar refractivity (Wildman–Crippen MR) is 98.8 cm³/mol. The largest absolute Gasteiger partial charge is 0.490 e. The van der Waals surface area contributed by atoms with Crippen LogP contribution in [-0.4, -0.2) is 31.1 Å². The first-order valence-corrected chi connectivity index (χ1v) is 8.59. The molecule has 2 aromatic carbocycles. The van der Waals surface area contributed by atoms with Crippen molar-refractivity contribution in [1.82, 2.24) is 4.90 Å². The Kier molecular flexibility index (Phi) is 7.12. The SMILES string of the molecule is CCOc1cc(CN(C)C(=O)C(N)c2ccc(C)cc2)ccc1OC(F)F. The van der Waals surface area contributed by atoms with Crippen molar-refractivity contribution in [3.63, 3.8) is 0 Å². The second kappa shape index (κ2) is 9.32. The van der Waals surface area contributed by atoms with Crippen LogP contribution in [0.15, 0.2) is 42.5 Å². The molecule has 0 fully saturated rings. The van der Waals surface area contributed by atoms with Gasteiger partial charge < -0.3 is 20.1 Å². The van der Waals surface area contributed by atoms with Crippen molar-refractivity contribution in [2.24, 2.45) is 5.73 Å². The Balaban J connectivity index is 2.11. The van der Waals surface area contributed by atoms with E-state index in [0.717, 1.165) is 11.1 Å². The summed E-state index contributed by atoms with van der Waals surface area (Å²) in [5, 5.41) is 0. The summed E-state index contributed by atoms with van der Waals surface area (Å²) in [6, 6.07) is 11.3. The summed E-state index contributed by atoms with van der Waals surface area (Å²) >= 11 is 0. The van der Waals surface area contributed by atoms with Gasteiger partial charge in [-0.3, -0.25) is 4.79 Å². The summed E-state index contributed by atoms with van der Waals surface area (Å²) < 4.78 is 34.8. The lowest BCUT2D eigenvalue weighted by molar-refractivity contribution is -0.132. The van der Waals surface area contributed by atoms with Crippen LogP contribution in [0, 0.1) is 6.92 Å². The normalized spacial score (nSPS) is 12.0. The number of nitrogens with zero attached hydrogens (tertiary/aromatic N) is 1. The van der Waals surface area contributed by atoms with E-state index in [9.17, 15) is 13.6 Å². The van der Waals surface area contributed by atoms with Crippen molar-refractivity contribution in [3.8, 4) is 11.5 Å². The molecule has 0 radical (unpaired) electrons. The molecular weight excluding hydrogens is 354 g/mol. The number of likely N-dealkylation sites (N-methyl/N-ethyl adjacent to an activating group) is 1. The van der Waals surface area contributed by atoms with E-state index in [-0.39, 0.29) is 24.0 Å². The molecule has 2 aromatic rings. The van der Waals surface area contributed by atoms with E-state index in [2.05, 4.69) is 4.74 Å². The van der Waals surface area contributed by atoms with Gasteiger partial charge in [-0.1, -0.05) is 35.9 Å². The van der Waals surface area contributed by atoms with Crippen molar-refractivity contribution in [3.05, 3.63) is 59.2 Å². The van der Waals surface area contributed by atoms with Gasteiger partial charge in [0, 0.05) is 13.6 Å². The molecule has 0 aliphatic carbocycles. The maximum absolute atomic E-state index is 12.6. The Hall–Kier alpha value is -2.67. The van der Waals surface area contributed by atoms with Crippen molar-refractivity contribution in [1.29, 1.82) is 0 Å². The third kappa shape index (κ3) is 5.65. The van der Waals surface area contributed by atoms with Gasteiger partial charge in [-0.15, -0.1) is 0 Å². The maximum Gasteiger partial charge on any atom is 0.387 e. The van der Waals surface area contributed by atoms with E-state index in [0.29, 0.717) is 12.2 Å². The molecule has 0 aliphatic rings. The Morgan fingerprint density at radius 3 is 2.41 bits per heavy atom. The van der Waals surface area contributed by atoms with Crippen molar-refractivity contribution in [2.75, 3.05) is 13.7 Å². The number of carbonyl (C=O) groups is 1. The standard InChI is InChI=1S/C20H24F2N2O3/c1-4-26-17-11-14(7-10-16(17)27-20(21)22)12-24(3)19(25)18(23)15-8-5-13(2)6-9-15/h5-11,18,20H,4,12,23H2,1-3H3. The number of hydrogen-bond acceptors (Lipinski definition) is 4. The minimum absolute atomic E-state index is 0.0408. The first-order chi connectivity index (χ1) is 12.8. The van der Waals surface area contributed by atoms with E-state index in [1.165, 1.54) is 11.0 Å². The lowest BCUT2D eigenvalue weighted by Gasteiger charge is -2.22. The Bertz CT molecular complexity index is 766. The average molecular weight is 378 g/mol. The molecule has 27 heavy (non-hydrogen) atoms. The number of ether oxygens (including phenoxy) is 2. The zero-order valence-corrected chi connectivity index (χ0v) is 15.6. The van der Waals surface area contributed by atoms with Gasteiger partial charge in [0.15, 0.2) is 11.5 Å².